The van der Waals surface area contributed by atoms with Crippen LogP contribution in [0, 0.1) is 0 Å². The van der Waals surface area contributed by atoms with Crippen LogP contribution in [0.25, 0.3) is 0 Å². The van der Waals surface area contributed by atoms with Gasteiger partial charge in [-0.2, -0.15) is 0 Å². The lowest BCUT2D eigenvalue weighted by atomic mass is 10.1. The Kier molecular flexibility index (Phi) is 6.03. The molecule has 1 aliphatic rings. The number of hydrogen-bond acceptors (Lipinski definition) is 5. The van der Waals surface area contributed by atoms with E-state index in [2.05, 4.69) is 10.6 Å². The number of fused-ring (bicyclic) bond motifs is 1. The Bertz CT molecular complexity index is 1080. The van der Waals surface area contributed by atoms with Gasteiger partial charge in [0.15, 0.2) is 0 Å². The predicted octanol–water partition coefficient (Wildman–Crippen LogP) is 4.21. The summed E-state index contributed by atoms with van der Waals surface area (Å²) in [5.74, 6) is -0.384. The number of rotatable bonds is 7. The van der Waals surface area contributed by atoms with E-state index in [-0.39, 0.29) is 18.4 Å². The van der Waals surface area contributed by atoms with E-state index in [1.807, 2.05) is 36.4 Å². The second-order valence-electron chi connectivity index (χ2n) is 6.91. The van der Waals surface area contributed by atoms with Gasteiger partial charge in [0.2, 0.25) is 0 Å². The van der Waals surface area contributed by atoms with Crippen molar-refractivity contribution in [2.45, 2.75) is 13.1 Å². The van der Waals surface area contributed by atoms with E-state index in [1.165, 1.54) is 11.3 Å². The van der Waals surface area contributed by atoms with Crippen LogP contribution < -0.4 is 10.6 Å². The molecule has 2 amide bonds. The fourth-order valence-electron chi connectivity index (χ4n) is 3.42. The number of carbonyl (C=O) groups excluding carboxylic acids is 2. The van der Waals surface area contributed by atoms with Gasteiger partial charge in [0.1, 0.15) is 0 Å². The van der Waals surface area contributed by atoms with E-state index < -0.39 is 0 Å². The Morgan fingerprint density at radius 2 is 1.93 bits per heavy atom. The molecule has 6 nitrogen and oxygen atoms in total. The molecular formula is C22H20ClN3O3S. The van der Waals surface area contributed by atoms with Crippen LogP contribution in [0.1, 0.15) is 31.2 Å². The summed E-state index contributed by atoms with van der Waals surface area (Å²) < 4.78 is 0.540. The Hall–Kier alpha value is -2.87. The van der Waals surface area contributed by atoms with Gasteiger partial charge >= 0.3 is 0 Å². The predicted molar refractivity (Wildman–Crippen MR) is 119 cm³/mol. The third-order valence-corrected chi connectivity index (χ3v) is 6.06. The van der Waals surface area contributed by atoms with Crippen molar-refractivity contribution in [3.05, 3.63) is 80.5 Å². The maximum atomic E-state index is 13.1. The van der Waals surface area contributed by atoms with E-state index in [4.69, 9.17) is 16.7 Å². The molecule has 0 unspecified atom stereocenters. The summed E-state index contributed by atoms with van der Waals surface area (Å²) in [6.45, 7) is 1.53. The second kappa shape index (κ2) is 8.87. The molecule has 3 N–H and O–H groups in total. The van der Waals surface area contributed by atoms with Crippen LogP contribution in [0.5, 0.6) is 0 Å². The molecule has 8 heteroatoms. The molecule has 2 heterocycles. The Balaban J connectivity index is 1.48. The molecule has 1 aliphatic heterocycles. The number of aliphatic hydroxyl groups excluding tert-OH is 1. The van der Waals surface area contributed by atoms with Crippen LogP contribution in [-0.4, -0.2) is 35.0 Å². The fourth-order valence-corrected chi connectivity index (χ4v) is 4.36. The standard InChI is InChI=1S/C22H20ClN3O3S/c23-19-9-8-18(30-19)21(28)25-17-3-1-2-15-13-26(22(29)20(15)17)12-14-4-6-16(7-5-14)24-10-11-27/h1-9,24,27H,10-13H2,(H,25,28). The highest BCUT2D eigenvalue weighted by molar-refractivity contribution is 7.18. The highest BCUT2D eigenvalue weighted by atomic mass is 35.5. The highest BCUT2D eigenvalue weighted by Gasteiger charge is 2.30. The van der Waals surface area contributed by atoms with Gasteiger partial charge < -0.3 is 20.6 Å². The Morgan fingerprint density at radius 3 is 2.63 bits per heavy atom. The zero-order chi connectivity index (χ0) is 21.1. The molecule has 154 valence electrons. The van der Waals surface area contributed by atoms with Gasteiger partial charge in [-0.05, 0) is 41.5 Å². The monoisotopic (exact) mass is 441 g/mol. The summed E-state index contributed by atoms with van der Waals surface area (Å²) in [6, 6.07) is 16.6. The Labute approximate surface area is 183 Å². The van der Waals surface area contributed by atoms with Gasteiger partial charge in [-0.1, -0.05) is 35.9 Å². The molecule has 30 heavy (non-hydrogen) atoms. The third kappa shape index (κ3) is 4.33. The summed E-state index contributed by atoms with van der Waals surface area (Å²) in [5.41, 5.74) is 3.86. The average Bonchev–Trinajstić information content (AvgIpc) is 3.32. The van der Waals surface area contributed by atoms with E-state index in [1.54, 1.807) is 23.1 Å². The number of aliphatic hydroxyl groups is 1. The third-order valence-electron chi connectivity index (χ3n) is 4.83. The van der Waals surface area contributed by atoms with Gasteiger partial charge in [-0.15, -0.1) is 11.3 Å². The minimum absolute atomic E-state index is 0.0701. The van der Waals surface area contributed by atoms with Crippen LogP contribution in [0.4, 0.5) is 11.4 Å². The van der Waals surface area contributed by atoms with Gasteiger partial charge in [0.05, 0.1) is 27.1 Å². The maximum absolute atomic E-state index is 13.1. The lowest BCUT2D eigenvalue weighted by molar-refractivity contribution is 0.0767. The zero-order valence-corrected chi connectivity index (χ0v) is 17.6. The lowest BCUT2D eigenvalue weighted by Gasteiger charge is -2.16. The number of halogens is 1. The topological polar surface area (TPSA) is 81.7 Å². The number of hydrogen-bond donors (Lipinski definition) is 3. The first-order valence-corrected chi connectivity index (χ1v) is 10.7. The molecule has 0 fully saturated rings. The van der Waals surface area contributed by atoms with Crippen LogP contribution in [0.15, 0.2) is 54.6 Å². The van der Waals surface area contributed by atoms with Gasteiger partial charge in [0.25, 0.3) is 11.8 Å². The number of carbonyl (C=O) groups is 2. The van der Waals surface area contributed by atoms with Crippen LogP contribution in [0.2, 0.25) is 4.34 Å². The molecule has 2 aromatic carbocycles. The molecule has 3 aromatic rings. The van der Waals surface area contributed by atoms with E-state index in [0.717, 1.165) is 16.8 Å². The fraction of sp³-hybridized carbons (Fsp3) is 0.182. The molecule has 0 saturated carbocycles. The summed E-state index contributed by atoms with van der Waals surface area (Å²) in [5, 5.41) is 14.8. The van der Waals surface area contributed by atoms with Crippen LogP contribution in [0.3, 0.4) is 0 Å². The minimum atomic E-state index is -0.280. The maximum Gasteiger partial charge on any atom is 0.265 e. The number of nitrogens with zero attached hydrogens (tertiary/aromatic N) is 1. The molecule has 1 aromatic heterocycles. The molecule has 0 atom stereocenters. The van der Waals surface area contributed by atoms with E-state index in [9.17, 15) is 9.59 Å². The summed E-state index contributed by atoms with van der Waals surface area (Å²) in [6.07, 6.45) is 0. The Morgan fingerprint density at radius 1 is 1.13 bits per heavy atom. The summed E-state index contributed by atoms with van der Waals surface area (Å²) >= 11 is 7.11. The highest BCUT2D eigenvalue weighted by Crippen LogP contribution is 2.31. The summed E-state index contributed by atoms with van der Waals surface area (Å²) in [7, 11) is 0. The SMILES string of the molecule is O=C(Nc1cccc2c1C(=O)N(Cc1ccc(NCCO)cc1)C2)c1ccc(Cl)s1. The molecule has 0 bridgehead atoms. The van der Waals surface area contributed by atoms with Crippen molar-refractivity contribution in [2.24, 2.45) is 0 Å². The first-order chi connectivity index (χ1) is 14.5. The lowest BCUT2D eigenvalue weighted by Crippen LogP contribution is -2.24. The van der Waals surface area contributed by atoms with Crippen molar-refractivity contribution in [1.82, 2.24) is 4.90 Å². The van der Waals surface area contributed by atoms with E-state index in [0.29, 0.717) is 40.1 Å². The molecule has 0 radical (unpaired) electrons. The number of thiophene rings is 1. The van der Waals surface area contributed by atoms with Crippen molar-refractivity contribution in [3.63, 3.8) is 0 Å². The first kappa shape index (κ1) is 20.4. The van der Waals surface area contributed by atoms with Crippen molar-refractivity contribution in [2.75, 3.05) is 23.8 Å². The average molecular weight is 442 g/mol. The first-order valence-electron chi connectivity index (χ1n) is 9.46. The number of amides is 2. The zero-order valence-electron chi connectivity index (χ0n) is 16.0. The number of anilines is 2. The van der Waals surface area contributed by atoms with E-state index >= 15 is 0 Å². The van der Waals surface area contributed by atoms with Crippen molar-refractivity contribution < 1.29 is 14.7 Å². The largest absolute Gasteiger partial charge is 0.395 e. The van der Waals surface area contributed by atoms with Crippen molar-refractivity contribution >= 4 is 46.1 Å². The van der Waals surface area contributed by atoms with Gasteiger partial charge in [-0.3, -0.25) is 9.59 Å². The van der Waals surface area contributed by atoms with Gasteiger partial charge in [0, 0.05) is 25.3 Å². The molecule has 0 spiro atoms. The van der Waals surface area contributed by atoms with Gasteiger partial charge in [-0.25, -0.2) is 0 Å². The minimum Gasteiger partial charge on any atom is -0.395 e. The van der Waals surface area contributed by atoms with Crippen molar-refractivity contribution in [1.29, 1.82) is 0 Å². The molecule has 0 saturated heterocycles. The molecular weight excluding hydrogens is 422 g/mol. The smallest absolute Gasteiger partial charge is 0.265 e. The quantitative estimate of drug-likeness (QED) is 0.513. The summed E-state index contributed by atoms with van der Waals surface area (Å²) in [4.78, 5) is 27.8. The van der Waals surface area contributed by atoms with Crippen LogP contribution >= 0.6 is 22.9 Å². The second-order valence-corrected chi connectivity index (χ2v) is 8.62. The van der Waals surface area contributed by atoms with Crippen molar-refractivity contribution in [3.8, 4) is 0 Å². The normalized spacial score (nSPS) is 12.7. The van der Waals surface area contributed by atoms with Crippen LogP contribution in [-0.2, 0) is 13.1 Å². The molecule has 0 aliphatic carbocycles. The number of benzene rings is 2. The molecule has 4 rings (SSSR count). The number of nitrogens with one attached hydrogen (secondary N) is 2.